The highest BCUT2D eigenvalue weighted by molar-refractivity contribution is 6.32. The SMILES string of the molecule is CC[C@H](N)C(=O)N1CCc2c(Cl)cccc21. The normalized spacial score (nSPS) is 16.1. The van der Waals surface area contributed by atoms with Gasteiger partial charge in [-0.3, -0.25) is 4.79 Å². The number of carbonyl (C=O) groups is 1. The van der Waals surface area contributed by atoms with Crippen LogP contribution in [0.5, 0.6) is 0 Å². The van der Waals surface area contributed by atoms with E-state index in [0.29, 0.717) is 13.0 Å². The molecule has 0 radical (unpaired) electrons. The Bertz CT molecular complexity index is 419. The summed E-state index contributed by atoms with van der Waals surface area (Å²) in [5.74, 6) is -0.0106. The molecule has 1 aliphatic rings. The maximum atomic E-state index is 12.0. The third-order valence-electron chi connectivity index (χ3n) is 2.99. The fourth-order valence-corrected chi connectivity index (χ4v) is 2.26. The van der Waals surface area contributed by atoms with Gasteiger partial charge >= 0.3 is 0 Å². The molecule has 1 aliphatic heterocycles. The van der Waals surface area contributed by atoms with Crippen LogP contribution in [0.1, 0.15) is 18.9 Å². The highest BCUT2D eigenvalue weighted by Crippen LogP contribution is 2.33. The molecule has 0 unspecified atom stereocenters. The number of fused-ring (bicyclic) bond motifs is 1. The number of benzene rings is 1. The zero-order chi connectivity index (χ0) is 11.7. The standard InChI is InChI=1S/C12H15ClN2O/c1-2-10(14)12(16)15-7-6-8-9(13)4-3-5-11(8)15/h3-5,10H,2,6-7,14H2,1H3/t10-/m0/s1. The van der Waals surface area contributed by atoms with Gasteiger partial charge in [0.05, 0.1) is 6.04 Å². The number of nitrogens with two attached hydrogens (primary N) is 1. The Morgan fingerprint density at radius 3 is 3.06 bits per heavy atom. The Labute approximate surface area is 100 Å². The molecule has 3 nitrogen and oxygen atoms in total. The number of rotatable bonds is 2. The number of nitrogens with zero attached hydrogens (tertiary/aromatic N) is 1. The van der Waals surface area contributed by atoms with Gasteiger partial charge < -0.3 is 10.6 Å². The first-order chi connectivity index (χ1) is 7.65. The number of hydrogen-bond acceptors (Lipinski definition) is 2. The Balaban J connectivity index is 2.30. The molecule has 4 heteroatoms. The number of carbonyl (C=O) groups excluding carboxylic acids is 1. The molecule has 16 heavy (non-hydrogen) atoms. The lowest BCUT2D eigenvalue weighted by Gasteiger charge is -2.20. The summed E-state index contributed by atoms with van der Waals surface area (Å²) in [4.78, 5) is 13.8. The predicted molar refractivity (Wildman–Crippen MR) is 65.8 cm³/mol. The first-order valence-electron chi connectivity index (χ1n) is 5.49. The van der Waals surface area contributed by atoms with Crippen molar-refractivity contribution in [1.29, 1.82) is 0 Å². The minimum atomic E-state index is -0.412. The van der Waals surface area contributed by atoms with E-state index in [1.165, 1.54) is 0 Å². The van der Waals surface area contributed by atoms with Gasteiger partial charge in [-0.1, -0.05) is 24.6 Å². The number of hydrogen-bond donors (Lipinski definition) is 1. The molecule has 1 amide bonds. The van der Waals surface area contributed by atoms with Crippen LogP contribution in [-0.2, 0) is 11.2 Å². The minimum absolute atomic E-state index is 0.0106. The maximum absolute atomic E-state index is 12.0. The van der Waals surface area contributed by atoms with Crippen molar-refractivity contribution in [2.45, 2.75) is 25.8 Å². The van der Waals surface area contributed by atoms with Gasteiger partial charge in [0.2, 0.25) is 5.91 Å². The van der Waals surface area contributed by atoms with Gasteiger partial charge in [0, 0.05) is 17.3 Å². The fourth-order valence-electron chi connectivity index (χ4n) is 2.00. The van der Waals surface area contributed by atoms with Gasteiger partial charge in [0.25, 0.3) is 0 Å². The minimum Gasteiger partial charge on any atom is -0.320 e. The lowest BCUT2D eigenvalue weighted by Crippen LogP contribution is -2.42. The van der Waals surface area contributed by atoms with Crippen molar-refractivity contribution in [3.05, 3.63) is 28.8 Å². The molecule has 2 N–H and O–H groups in total. The maximum Gasteiger partial charge on any atom is 0.243 e. The second-order valence-electron chi connectivity index (χ2n) is 3.99. The highest BCUT2D eigenvalue weighted by Gasteiger charge is 2.28. The molecule has 0 aliphatic carbocycles. The summed E-state index contributed by atoms with van der Waals surface area (Å²) in [5, 5.41) is 0.734. The molecule has 1 heterocycles. The topological polar surface area (TPSA) is 46.3 Å². The summed E-state index contributed by atoms with van der Waals surface area (Å²) in [6.07, 6.45) is 1.47. The average Bonchev–Trinajstić information content (AvgIpc) is 2.72. The van der Waals surface area contributed by atoms with E-state index in [0.717, 1.165) is 22.7 Å². The summed E-state index contributed by atoms with van der Waals surface area (Å²) >= 11 is 6.08. The van der Waals surface area contributed by atoms with Gasteiger partial charge in [-0.05, 0) is 30.5 Å². The summed E-state index contributed by atoms with van der Waals surface area (Å²) in [6.45, 7) is 2.60. The molecule has 0 fully saturated rings. The van der Waals surface area contributed by atoms with Crippen LogP contribution in [0, 0.1) is 0 Å². The highest BCUT2D eigenvalue weighted by atomic mass is 35.5. The first kappa shape index (κ1) is 11.4. The van der Waals surface area contributed by atoms with Crippen LogP contribution in [0.3, 0.4) is 0 Å². The van der Waals surface area contributed by atoms with Crippen LogP contribution in [0.4, 0.5) is 5.69 Å². The van der Waals surface area contributed by atoms with Gasteiger partial charge in [-0.25, -0.2) is 0 Å². The van der Waals surface area contributed by atoms with Crippen LogP contribution in [0.15, 0.2) is 18.2 Å². The molecular weight excluding hydrogens is 224 g/mol. The molecule has 0 aromatic heterocycles. The quantitative estimate of drug-likeness (QED) is 0.856. The van der Waals surface area contributed by atoms with Crippen molar-refractivity contribution in [2.24, 2.45) is 5.73 Å². The van der Waals surface area contributed by atoms with Crippen molar-refractivity contribution in [3.63, 3.8) is 0 Å². The van der Waals surface area contributed by atoms with Crippen LogP contribution in [-0.4, -0.2) is 18.5 Å². The molecule has 1 atom stereocenters. The first-order valence-corrected chi connectivity index (χ1v) is 5.87. The summed E-state index contributed by atoms with van der Waals surface area (Å²) in [7, 11) is 0. The van der Waals surface area contributed by atoms with E-state index >= 15 is 0 Å². The number of halogens is 1. The molecule has 0 saturated carbocycles. The van der Waals surface area contributed by atoms with E-state index in [1.54, 1.807) is 4.90 Å². The summed E-state index contributed by atoms with van der Waals surface area (Å²) < 4.78 is 0. The van der Waals surface area contributed by atoms with Crippen molar-refractivity contribution in [3.8, 4) is 0 Å². The molecule has 0 bridgehead atoms. The van der Waals surface area contributed by atoms with Crippen molar-refractivity contribution in [1.82, 2.24) is 0 Å². The van der Waals surface area contributed by atoms with E-state index in [9.17, 15) is 4.79 Å². The van der Waals surface area contributed by atoms with Gasteiger partial charge in [-0.2, -0.15) is 0 Å². The predicted octanol–water partition coefficient (Wildman–Crippen LogP) is 1.97. The largest absolute Gasteiger partial charge is 0.320 e. The second-order valence-corrected chi connectivity index (χ2v) is 4.40. The third-order valence-corrected chi connectivity index (χ3v) is 3.35. The van der Waals surface area contributed by atoms with Crippen LogP contribution >= 0.6 is 11.6 Å². The molecule has 2 rings (SSSR count). The summed E-state index contributed by atoms with van der Waals surface area (Å²) in [5.41, 5.74) is 7.74. The van der Waals surface area contributed by atoms with E-state index in [1.807, 2.05) is 25.1 Å². The molecule has 1 aromatic carbocycles. The Hall–Kier alpha value is -1.06. The smallest absolute Gasteiger partial charge is 0.243 e. The van der Waals surface area contributed by atoms with Gasteiger partial charge in [0.15, 0.2) is 0 Å². The van der Waals surface area contributed by atoms with Crippen molar-refractivity contribution < 1.29 is 4.79 Å². The Kier molecular flexibility index (Phi) is 3.17. The van der Waals surface area contributed by atoms with Crippen LogP contribution < -0.4 is 10.6 Å². The van der Waals surface area contributed by atoms with Crippen molar-refractivity contribution in [2.75, 3.05) is 11.4 Å². The summed E-state index contributed by atoms with van der Waals surface area (Å²) in [6, 6.07) is 5.23. The molecule has 86 valence electrons. The average molecular weight is 239 g/mol. The molecule has 0 spiro atoms. The Morgan fingerprint density at radius 2 is 2.38 bits per heavy atom. The van der Waals surface area contributed by atoms with E-state index < -0.39 is 6.04 Å². The monoisotopic (exact) mass is 238 g/mol. The van der Waals surface area contributed by atoms with E-state index in [2.05, 4.69) is 0 Å². The van der Waals surface area contributed by atoms with Gasteiger partial charge in [-0.15, -0.1) is 0 Å². The Morgan fingerprint density at radius 1 is 1.62 bits per heavy atom. The zero-order valence-corrected chi connectivity index (χ0v) is 10.00. The van der Waals surface area contributed by atoms with Crippen LogP contribution in [0.2, 0.25) is 5.02 Å². The molecule has 1 aromatic rings. The van der Waals surface area contributed by atoms with Crippen molar-refractivity contribution >= 4 is 23.2 Å². The molecular formula is C12H15ClN2O. The van der Waals surface area contributed by atoms with Crippen LogP contribution in [0.25, 0.3) is 0 Å². The lowest BCUT2D eigenvalue weighted by atomic mass is 10.1. The van der Waals surface area contributed by atoms with E-state index in [4.69, 9.17) is 17.3 Å². The second kappa shape index (κ2) is 4.44. The lowest BCUT2D eigenvalue weighted by molar-refractivity contribution is -0.119. The third kappa shape index (κ3) is 1.81. The molecule has 0 saturated heterocycles. The zero-order valence-electron chi connectivity index (χ0n) is 9.24. The van der Waals surface area contributed by atoms with E-state index in [-0.39, 0.29) is 5.91 Å². The number of anilines is 1. The number of amides is 1. The van der Waals surface area contributed by atoms with Gasteiger partial charge in [0.1, 0.15) is 0 Å². The fraction of sp³-hybridized carbons (Fsp3) is 0.417.